The molecule has 1 aliphatic carbocycles. The molecule has 8 heteroatoms. The molecule has 0 bridgehead atoms. The highest BCUT2D eigenvalue weighted by molar-refractivity contribution is 5.97. The van der Waals surface area contributed by atoms with E-state index in [1.165, 1.54) is 13.0 Å². The number of carbonyl (C=O) groups is 3. The highest BCUT2D eigenvalue weighted by atomic mass is 16.2. The van der Waals surface area contributed by atoms with E-state index in [9.17, 15) is 14.4 Å². The fourth-order valence-electron chi connectivity index (χ4n) is 4.31. The minimum atomic E-state index is -0.153. The quantitative estimate of drug-likeness (QED) is 0.740. The summed E-state index contributed by atoms with van der Waals surface area (Å²) in [5.74, 6) is 0.0718. The van der Waals surface area contributed by atoms with Crippen LogP contribution in [-0.4, -0.2) is 75.9 Å². The zero-order valence-electron chi connectivity index (χ0n) is 16.4. The van der Waals surface area contributed by atoms with Gasteiger partial charge in [-0.2, -0.15) is 5.10 Å². The third-order valence-electron chi connectivity index (χ3n) is 6.18. The molecule has 1 atom stereocenters. The highest BCUT2D eigenvalue weighted by Gasteiger charge is 2.34. The van der Waals surface area contributed by atoms with Gasteiger partial charge in [-0.3, -0.25) is 24.4 Å². The van der Waals surface area contributed by atoms with Gasteiger partial charge in [-0.25, -0.2) is 0 Å². The smallest absolute Gasteiger partial charge is 0.271 e. The van der Waals surface area contributed by atoms with Gasteiger partial charge in [-0.1, -0.05) is 0 Å². The van der Waals surface area contributed by atoms with Crippen LogP contribution in [0.1, 0.15) is 66.4 Å². The van der Waals surface area contributed by atoms with Crippen LogP contribution in [0.4, 0.5) is 0 Å². The highest BCUT2D eigenvalue weighted by Crippen LogP contribution is 2.26. The third kappa shape index (κ3) is 4.27. The molecular weight excluding hydrogens is 358 g/mol. The number of nitrogens with one attached hydrogen (secondary N) is 2. The van der Waals surface area contributed by atoms with E-state index in [2.05, 4.69) is 20.4 Å². The number of hydrogen-bond acceptors (Lipinski definition) is 5. The monoisotopic (exact) mass is 387 g/mol. The Bertz CT molecular complexity index is 749. The summed E-state index contributed by atoms with van der Waals surface area (Å²) in [6.45, 7) is 4.68. The van der Waals surface area contributed by atoms with Crippen molar-refractivity contribution < 1.29 is 14.4 Å². The van der Waals surface area contributed by atoms with Gasteiger partial charge in [0.15, 0.2) is 5.78 Å². The van der Waals surface area contributed by atoms with Crippen LogP contribution in [0, 0.1) is 5.92 Å². The summed E-state index contributed by atoms with van der Waals surface area (Å²) in [6, 6.07) is 2.38. The lowest BCUT2D eigenvalue weighted by molar-refractivity contribution is -0.127. The van der Waals surface area contributed by atoms with Crippen molar-refractivity contribution in [1.82, 2.24) is 25.3 Å². The Labute approximate surface area is 165 Å². The maximum Gasteiger partial charge on any atom is 0.271 e. The predicted octanol–water partition coefficient (Wildman–Crippen LogP) is 1.21. The molecular formula is C20H29N5O3. The minimum Gasteiger partial charge on any atom is -0.353 e. The molecule has 2 amide bonds. The van der Waals surface area contributed by atoms with Crippen LogP contribution in [0.2, 0.25) is 0 Å². The van der Waals surface area contributed by atoms with Gasteiger partial charge >= 0.3 is 0 Å². The molecule has 1 aromatic rings. The standard InChI is InChI=1S/C20H29N5O3/c1-13(26)17-11-18(23-22-17)20(28)24-9-6-16(7-10-24)25-8-2-3-14(12-25)19(27)21-15-4-5-15/h11,14-16H,2-10,12H2,1H3,(H,21,27)(H,22,23)/t14-/m1/s1. The van der Waals surface area contributed by atoms with Crippen LogP contribution < -0.4 is 5.32 Å². The molecule has 2 N–H and O–H groups in total. The van der Waals surface area contributed by atoms with Crippen molar-refractivity contribution in [3.05, 3.63) is 17.5 Å². The lowest BCUT2D eigenvalue weighted by atomic mass is 9.93. The fraction of sp³-hybridized carbons (Fsp3) is 0.700. The van der Waals surface area contributed by atoms with Crippen molar-refractivity contribution in [3.63, 3.8) is 0 Å². The number of ketones is 1. The Hall–Kier alpha value is -2.22. The molecule has 3 heterocycles. The Kier molecular flexibility index (Phi) is 5.48. The number of nitrogens with zero attached hydrogens (tertiary/aromatic N) is 3. The van der Waals surface area contributed by atoms with E-state index in [1.54, 1.807) is 0 Å². The first-order valence-electron chi connectivity index (χ1n) is 10.4. The number of aromatic amines is 1. The second-order valence-corrected chi connectivity index (χ2v) is 8.36. The molecule has 3 aliphatic rings. The van der Waals surface area contributed by atoms with E-state index in [0.29, 0.717) is 36.6 Å². The lowest BCUT2D eigenvalue weighted by Gasteiger charge is -2.42. The number of piperidine rings is 2. The normalized spacial score (nSPS) is 24.2. The topological polar surface area (TPSA) is 98.4 Å². The van der Waals surface area contributed by atoms with Crippen molar-refractivity contribution in [3.8, 4) is 0 Å². The molecule has 28 heavy (non-hydrogen) atoms. The molecule has 0 radical (unpaired) electrons. The van der Waals surface area contributed by atoms with Crippen LogP contribution >= 0.6 is 0 Å². The van der Waals surface area contributed by atoms with Crippen molar-refractivity contribution in [2.24, 2.45) is 5.92 Å². The number of amides is 2. The SMILES string of the molecule is CC(=O)c1cc(C(=O)N2CCC(N3CCC[C@@H](C(=O)NC4CC4)C3)CC2)[nH]n1. The fourth-order valence-corrected chi connectivity index (χ4v) is 4.31. The van der Waals surface area contributed by atoms with Gasteiger partial charge < -0.3 is 10.2 Å². The molecule has 3 fully saturated rings. The van der Waals surface area contributed by atoms with Gasteiger partial charge in [0.05, 0.1) is 5.92 Å². The summed E-state index contributed by atoms with van der Waals surface area (Å²) in [5, 5.41) is 9.73. The maximum atomic E-state index is 12.6. The van der Waals surface area contributed by atoms with Gasteiger partial charge in [-0.15, -0.1) is 0 Å². The summed E-state index contributed by atoms with van der Waals surface area (Å²) < 4.78 is 0. The summed E-state index contributed by atoms with van der Waals surface area (Å²) in [5.41, 5.74) is 0.667. The molecule has 4 rings (SSSR count). The van der Waals surface area contributed by atoms with Crippen molar-refractivity contribution in [1.29, 1.82) is 0 Å². The zero-order valence-corrected chi connectivity index (χ0v) is 16.4. The van der Waals surface area contributed by atoms with Crippen LogP contribution in [0.25, 0.3) is 0 Å². The van der Waals surface area contributed by atoms with E-state index in [1.807, 2.05) is 4.90 Å². The van der Waals surface area contributed by atoms with Crippen LogP contribution in [0.15, 0.2) is 6.07 Å². The lowest BCUT2D eigenvalue weighted by Crippen LogP contribution is -2.51. The average Bonchev–Trinajstić information content (AvgIpc) is 3.38. The average molecular weight is 387 g/mol. The molecule has 1 saturated carbocycles. The van der Waals surface area contributed by atoms with E-state index >= 15 is 0 Å². The van der Waals surface area contributed by atoms with E-state index in [-0.39, 0.29) is 23.5 Å². The summed E-state index contributed by atoms with van der Waals surface area (Å²) in [7, 11) is 0. The molecule has 2 aliphatic heterocycles. The first-order valence-corrected chi connectivity index (χ1v) is 10.4. The van der Waals surface area contributed by atoms with Gasteiger partial charge in [0.2, 0.25) is 5.91 Å². The molecule has 8 nitrogen and oxygen atoms in total. The first-order chi connectivity index (χ1) is 13.5. The molecule has 0 unspecified atom stereocenters. The maximum absolute atomic E-state index is 12.6. The third-order valence-corrected chi connectivity index (χ3v) is 6.18. The number of hydrogen-bond donors (Lipinski definition) is 2. The van der Waals surface area contributed by atoms with Crippen LogP contribution in [0.3, 0.4) is 0 Å². The van der Waals surface area contributed by atoms with Crippen molar-refractivity contribution in [2.45, 2.75) is 57.5 Å². The summed E-state index contributed by atoms with van der Waals surface area (Å²) in [4.78, 5) is 40.7. The van der Waals surface area contributed by atoms with E-state index in [4.69, 9.17) is 0 Å². The van der Waals surface area contributed by atoms with Crippen molar-refractivity contribution >= 4 is 17.6 Å². The largest absolute Gasteiger partial charge is 0.353 e. The molecule has 0 spiro atoms. The van der Waals surface area contributed by atoms with Gasteiger partial charge in [0, 0.05) is 38.6 Å². The Morgan fingerprint density at radius 2 is 1.86 bits per heavy atom. The number of Topliss-reactive ketones (excluding diaryl/α,β-unsaturated/α-hetero) is 1. The molecule has 2 saturated heterocycles. The first kappa shape index (κ1) is 19.1. The summed E-state index contributed by atoms with van der Waals surface area (Å²) >= 11 is 0. The van der Waals surface area contributed by atoms with E-state index < -0.39 is 0 Å². The van der Waals surface area contributed by atoms with Crippen LogP contribution in [-0.2, 0) is 4.79 Å². The number of rotatable bonds is 5. The number of aromatic nitrogens is 2. The van der Waals surface area contributed by atoms with Gasteiger partial charge in [0.25, 0.3) is 5.91 Å². The predicted molar refractivity (Wildman–Crippen MR) is 103 cm³/mol. The number of H-pyrrole nitrogens is 1. The molecule has 0 aromatic carbocycles. The number of carbonyl (C=O) groups excluding carboxylic acids is 3. The minimum absolute atomic E-state index is 0.0984. The van der Waals surface area contributed by atoms with Crippen molar-refractivity contribution in [2.75, 3.05) is 26.2 Å². The summed E-state index contributed by atoms with van der Waals surface area (Å²) in [6.07, 6.45) is 6.11. The van der Waals surface area contributed by atoms with E-state index in [0.717, 1.165) is 51.6 Å². The Morgan fingerprint density at radius 1 is 1.11 bits per heavy atom. The second-order valence-electron chi connectivity index (χ2n) is 8.36. The zero-order chi connectivity index (χ0) is 19.7. The Balaban J connectivity index is 1.28. The van der Waals surface area contributed by atoms with Gasteiger partial charge in [0.1, 0.15) is 11.4 Å². The molecule has 1 aromatic heterocycles. The Morgan fingerprint density at radius 3 is 2.50 bits per heavy atom. The molecule has 152 valence electrons. The number of likely N-dealkylation sites (tertiary alicyclic amines) is 2. The second kappa shape index (κ2) is 8.03. The van der Waals surface area contributed by atoms with Crippen LogP contribution in [0.5, 0.6) is 0 Å². The van der Waals surface area contributed by atoms with Gasteiger partial charge in [-0.05, 0) is 51.1 Å².